The van der Waals surface area contributed by atoms with Gasteiger partial charge in [0.1, 0.15) is 36.8 Å². The zero-order chi connectivity index (χ0) is 40.6. The molecular formula is C42H74O12S. The molecule has 0 bridgehead atoms. The predicted octanol–water partition coefficient (Wildman–Crippen LogP) is 7.83. The van der Waals surface area contributed by atoms with E-state index in [-0.39, 0.29) is 19.4 Å². The summed E-state index contributed by atoms with van der Waals surface area (Å²) in [7, 11) is -4.60. The summed E-state index contributed by atoms with van der Waals surface area (Å²) < 4.78 is 53.9. The number of rotatable bonds is 34. The molecular weight excluding hydrogens is 729 g/mol. The van der Waals surface area contributed by atoms with Crippen LogP contribution in [0.15, 0.2) is 36.5 Å². The SMILES string of the molecule is CCCC/C=C/C/C=C/CCCCCCCC(=O)OC[C@H](CO[C@H]1O[C@H](CS(=O)(=O)O)[C@@H](O)C(O)C1O)OC(=O)CCCCCCC/C=C/CCCCCC. The highest BCUT2D eigenvalue weighted by atomic mass is 32.2. The molecule has 6 atom stereocenters. The van der Waals surface area contributed by atoms with Crippen LogP contribution in [0.4, 0.5) is 0 Å². The molecule has 0 spiro atoms. The summed E-state index contributed by atoms with van der Waals surface area (Å²) in [6.07, 6.45) is 26.2. The van der Waals surface area contributed by atoms with Crippen LogP contribution >= 0.6 is 0 Å². The molecule has 0 aromatic heterocycles. The number of hydrogen-bond donors (Lipinski definition) is 4. The molecule has 0 aromatic carbocycles. The topological polar surface area (TPSA) is 186 Å². The lowest BCUT2D eigenvalue weighted by molar-refractivity contribution is -0.297. The van der Waals surface area contributed by atoms with Gasteiger partial charge >= 0.3 is 11.9 Å². The molecule has 0 aliphatic carbocycles. The molecule has 1 fully saturated rings. The number of unbranched alkanes of at least 4 members (excludes halogenated alkanes) is 16. The lowest BCUT2D eigenvalue weighted by atomic mass is 10.00. The molecule has 55 heavy (non-hydrogen) atoms. The smallest absolute Gasteiger partial charge is 0.306 e. The van der Waals surface area contributed by atoms with Crippen LogP contribution in [0.5, 0.6) is 0 Å². The van der Waals surface area contributed by atoms with Gasteiger partial charge in [0, 0.05) is 12.8 Å². The van der Waals surface area contributed by atoms with Crippen molar-refractivity contribution in [3.63, 3.8) is 0 Å². The third kappa shape index (κ3) is 28.0. The maximum atomic E-state index is 12.8. The van der Waals surface area contributed by atoms with Crippen LogP contribution in [0.3, 0.4) is 0 Å². The molecule has 2 unspecified atom stereocenters. The third-order valence-corrected chi connectivity index (χ3v) is 10.2. The third-order valence-electron chi connectivity index (χ3n) is 9.44. The van der Waals surface area contributed by atoms with Gasteiger partial charge in [0.15, 0.2) is 12.4 Å². The Morgan fingerprint density at radius 3 is 1.67 bits per heavy atom. The Balaban J connectivity index is 2.50. The second kappa shape index (κ2) is 32.9. The van der Waals surface area contributed by atoms with Gasteiger partial charge in [-0.25, -0.2) is 0 Å². The van der Waals surface area contributed by atoms with Crippen molar-refractivity contribution in [2.75, 3.05) is 19.0 Å². The Hall–Kier alpha value is -2.13. The second-order valence-electron chi connectivity index (χ2n) is 14.6. The van der Waals surface area contributed by atoms with Crippen molar-refractivity contribution in [3.05, 3.63) is 36.5 Å². The summed E-state index contributed by atoms with van der Waals surface area (Å²) in [6.45, 7) is 3.66. The van der Waals surface area contributed by atoms with Gasteiger partial charge in [-0.2, -0.15) is 8.42 Å². The molecule has 13 heteroatoms. The number of ether oxygens (including phenoxy) is 4. The van der Waals surface area contributed by atoms with Crippen LogP contribution in [0.25, 0.3) is 0 Å². The predicted molar refractivity (Wildman–Crippen MR) is 215 cm³/mol. The van der Waals surface area contributed by atoms with Gasteiger partial charge in [-0.1, -0.05) is 121 Å². The van der Waals surface area contributed by atoms with Crippen LogP contribution in [-0.4, -0.2) is 96.0 Å². The highest BCUT2D eigenvalue weighted by Gasteiger charge is 2.46. The molecule has 0 amide bonds. The number of carbonyl (C=O) groups is 2. The van der Waals surface area contributed by atoms with Crippen LogP contribution in [0.2, 0.25) is 0 Å². The summed E-state index contributed by atoms with van der Waals surface area (Å²) in [5.74, 6) is -2.01. The number of allylic oxidation sites excluding steroid dienone is 6. The minimum Gasteiger partial charge on any atom is -0.462 e. The number of carbonyl (C=O) groups excluding carboxylic acids is 2. The summed E-state index contributed by atoms with van der Waals surface area (Å²) in [6, 6.07) is 0. The molecule has 0 aromatic rings. The molecule has 0 saturated carbocycles. The zero-order valence-corrected chi connectivity index (χ0v) is 34.6. The van der Waals surface area contributed by atoms with Gasteiger partial charge in [-0.15, -0.1) is 0 Å². The van der Waals surface area contributed by atoms with Crippen molar-refractivity contribution in [2.24, 2.45) is 0 Å². The summed E-state index contributed by atoms with van der Waals surface area (Å²) in [5, 5.41) is 30.8. The highest BCUT2D eigenvalue weighted by molar-refractivity contribution is 7.85. The average molecular weight is 803 g/mol. The fraction of sp³-hybridized carbons (Fsp3) is 0.810. The van der Waals surface area contributed by atoms with E-state index in [4.69, 9.17) is 18.9 Å². The quantitative estimate of drug-likeness (QED) is 0.0214. The normalized spacial score (nSPS) is 21.2. The standard InChI is InChI=1S/C42H74O12S/c1-3-5-7-9-11-13-15-17-19-20-22-24-26-28-30-37(43)51-32-35(33-52-42-41(47)40(46)39(45)36(54-42)34-55(48,49)50)53-38(44)31-29-27-25-23-21-18-16-14-12-10-8-6-4-2/h9,11,14-17,35-36,39-42,45-47H,3-8,10,12-13,18-34H2,1-2H3,(H,48,49,50)/b11-9+,16-14+,17-15+/t35-,36-,39-,40?,41?,42+/m1/s1. The fourth-order valence-corrected chi connectivity index (χ4v) is 6.79. The molecule has 1 aliphatic heterocycles. The van der Waals surface area contributed by atoms with Crippen molar-refractivity contribution in [1.29, 1.82) is 0 Å². The van der Waals surface area contributed by atoms with Crippen LogP contribution in [0, 0.1) is 0 Å². The Morgan fingerprint density at radius 2 is 1.11 bits per heavy atom. The lowest BCUT2D eigenvalue weighted by Crippen LogP contribution is -2.60. The van der Waals surface area contributed by atoms with E-state index in [1.165, 1.54) is 38.5 Å². The summed E-state index contributed by atoms with van der Waals surface area (Å²) >= 11 is 0. The monoisotopic (exact) mass is 802 g/mol. The van der Waals surface area contributed by atoms with Gasteiger partial charge in [0.25, 0.3) is 10.1 Å². The van der Waals surface area contributed by atoms with Gasteiger partial charge in [-0.3, -0.25) is 14.1 Å². The molecule has 1 rings (SSSR count). The number of aliphatic hydroxyl groups excluding tert-OH is 3. The molecule has 1 heterocycles. The first kappa shape index (κ1) is 50.9. The zero-order valence-electron chi connectivity index (χ0n) is 33.8. The number of aliphatic hydroxyl groups is 3. The Kier molecular flexibility index (Phi) is 30.4. The van der Waals surface area contributed by atoms with Crippen LogP contribution < -0.4 is 0 Å². The average Bonchev–Trinajstić information content (AvgIpc) is 3.14. The molecule has 1 saturated heterocycles. The van der Waals surface area contributed by atoms with E-state index in [1.54, 1.807) is 0 Å². The molecule has 1 aliphatic rings. The van der Waals surface area contributed by atoms with E-state index < -0.39 is 71.2 Å². The summed E-state index contributed by atoms with van der Waals surface area (Å²) in [4.78, 5) is 25.3. The first-order valence-corrected chi connectivity index (χ1v) is 22.7. The van der Waals surface area contributed by atoms with E-state index in [1.807, 2.05) is 0 Å². The van der Waals surface area contributed by atoms with E-state index in [2.05, 4.69) is 50.3 Å². The summed E-state index contributed by atoms with van der Waals surface area (Å²) in [5.41, 5.74) is 0. The Bertz CT molecular complexity index is 1170. The largest absolute Gasteiger partial charge is 0.462 e. The van der Waals surface area contributed by atoms with Crippen molar-refractivity contribution in [1.82, 2.24) is 0 Å². The maximum absolute atomic E-state index is 12.8. The Morgan fingerprint density at radius 1 is 0.618 bits per heavy atom. The molecule has 4 N–H and O–H groups in total. The van der Waals surface area contributed by atoms with E-state index in [0.29, 0.717) is 12.8 Å². The minimum atomic E-state index is -4.60. The van der Waals surface area contributed by atoms with Gasteiger partial charge in [0.05, 0.1) is 6.61 Å². The molecule has 320 valence electrons. The van der Waals surface area contributed by atoms with Crippen molar-refractivity contribution >= 4 is 22.1 Å². The van der Waals surface area contributed by atoms with Crippen molar-refractivity contribution in [3.8, 4) is 0 Å². The van der Waals surface area contributed by atoms with E-state index >= 15 is 0 Å². The fourth-order valence-electron chi connectivity index (χ4n) is 6.10. The number of hydrogen-bond acceptors (Lipinski definition) is 11. The lowest BCUT2D eigenvalue weighted by Gasteiger charge is -2.40. The second-order valence-corrected chi connectivity index (χ2v) is 16.1. The van der Waals surface area contributed by atoms with Crippen molar-refractivity contribution in [2.45, 2.75) is 198 Å². The van der Waals surface area contributed by atoms with E-state index in [0.717, 1.165) is 83.5 Å². The van der Waals surface area contributed by atoms with Gasteiger partial charge in [0.2, 0.25) is 0 Å². The van der Waals surface area contributed by atoms with Crippen LogP contribution in [-0.2, 0) is 38.7 Å². The van der Waals surface area contributed by atoms with Gasteiger partial charge < -0.3 is 34.3 Å². The van der Waals surface area contributed by atoms with Crippen LogP contribution in [0.1, 0.15) is 162 Å². The van der Waals surface area contributed by atoms with Crippen molar-refractivity contribution < 1.29 is 56.8 Å². The first-order chi connectivity index (χ1) is 26.5. The maximum Gasteiger partial charge on any atom is 0.306 e. The molecule has 0 radical (unpaired) electrons. The molecule has 12 nitrogen and oxygen atoms in total. The first-order valence-electron chi connectivity index (χ1n) is 21.0. The number of esters is 2. The van der Waals surface area contributed by atoms with E-state index in [9.17, 15) is 37.9 Å². The minimum absolute atomic E-state index is 0.151. The van der Waals surface area contributed by atoms with Gasteiger partial charge in [-0.05, 0) is 64.2 Å². The Labute approximate surface area is 331 Å². The highest BCUT2D eigenvalue weighted by Crippen LogP contribution is 2.24.